The summed E-state index contributed by atoms with van der Waals surface area (Å²) in [5, 5.41) is 0. The first kappa shape index (κ1) is 23.7. The van der Waals surface area contributed by atoms with Crippen LogP contribution in [0, 0.1) is 0 Å². The van der Waals surface area contributed by atoms with Crippen LogP contribution in [0.4, 0.5) is 0 Å². The van der Waals surface area contributed by atoms with Crippen LogP contribution in [0.5, 0.6) is 0 Å². The zero-order chi connectivity index (χ0) is 18.6. The predicted octanol–water partition coefficient (Wildman–Crippen LogP) is 5.74. The molecule has 0 aromatic rings. The van der Waals surface area contributed by atoms with Crippen molar-refractivity contribution in [2.75, 3.05) is 13.2 Å². The number of hydrogen-bond acceptors (Lipinski definition) is 4. The van der Waals surface area contributed by atoms with Crippen molar-refractivity contribution < 1.29 is 19.1 Å². The summed E-state index contributed by atoms with van der Waals surface area (Å²) >= 11 is 0. The van der Waals surface area contributed by atoms with Crippen molar-refractivity contribution in [2.24, 2.45) is 0 Å². The van der Waals surface area contributed by atoms with E-state index in [4.69, 9.17) is 9.47 Å². The van der Waals surface area contributed by atoms with Crippen molar-refractivity contribution in [2.45, 2.75) is 96.8 Å². The second kappa shape index (κ2) is 19.0. The Bertz CT molecular complexity index is 339. The van der Waals surface area contributed by atoms with Gasteiger partial charge in [0.2, 0.25) is 0 Å². The molecule has 4 heteroatoms. The largest absolute Gasteiger partial charge is 0.466 e. The van der Waals surface area contributed by atoms with Crippen molar-refractivity contribution in [1.82, 2.24) is 0 Å². The number of rotatable bonds is 18. The maximum absolute atomic E-state index is 11.5. The van der Waals surface area contributed by atoms with Gasteiger partial charge in [0, 0.05) is 0 Å². The van der Waals surface area contributed by atoms with Gasteiger partial charge in [-0.05, 0) is 19.3 Å². The van der Waals surface area contributed by atoms with Gasteiger partial charge >= 0.3 is 11.9 Å². The van der Waals surface area contributed by atoms with Gasteiger partial charge in [0.05, 0.1) is 26.1 Å². The van der Waals surface area contributed by atoms with E-state index in [0.29, 0.717) is 13.2 Å². The summed E-state index contributed by atoms with van der Waals surface area (Å²) in [5.74, 6) is -0.640. The molecule has 0 rings (SSSR count). The van der Waals surface area contributed by atoms with Gasteiger partial charge in [0.15, 0.2) is 0 Å². The molecule has 0 atom stereocenters. The lowest BCUT2D eigenvalue weighted by molar-refractivity contribution is -0.150. The van der Waals surface area contributed by atoms with Crippen LogP contribution in [0.15, 0.2) is 12.7 Å². The zero-order valence-electron chi connectivity index (χ0n) is 16.2. The van der Waals surface area contributed by atoms with Gasteiger partial charge in [-0.15, -0.1) is 6.58 Å². The second-order valence-electron chi connectivity index (χ2n) is 6.55. The molecule has 25 heavy (non-hydrogen) atoms. The number of allylic oxidation sites excluding steroid dienone is 1. The van der Waals surface area contributed by atoms with Gasteiger partial charge in [-0.25, -0.2) is 0 Å². The molecule has 146 valence electrons. The van der Waals surface area contributed by atoms with Gasteiger partial charge < -0.3 is 9.47 Å². The van der Waals surface area contributed by atoms with Gasteiger partial charge in [-0.2, -0.15) is 0 Å². The Morgan fingerprint density at radius 1 is 0.720 bits per heavy atom. The Morgan fingerprint density at radius 2 is 1.16 bits per heavy atom. The van der Waals surface area contributed by atoms with Crippen LogP contribution in [-0.4, -0.2) is 25.2 Å². The number of esters is 2. The molecular formula is C21H38O4. The van der Waals surface area contributed by atoms with Crippen molar-refractivity contribution in [3.05, 3.63) is 12.7 Å². The van der Waals surface area contributed by atoms with Crippen molar-refractivity contribution in [3.8, 4) is 0 Å². The highest BCUT2D eigenvalue weighted by molar-refractivity contribution is 5.77. The maximum Gasteiger partial charge on any atom is 0.306 e. The summed E-state index contributed by atoms with van der Waals surface area (Å²) < 4.78 is 10.2. The Hall–Kier alpha value is -1.32. The first-order valence-electron chi connectivity index (χ1n) is 10.1. The molecule has 0 heterocycles. The molecule has 0 aliphatic heterocycles. The molecule has 0 aromatic heterocycles. The van der Waals surface area contributed by atoms with E-state index in [1.807, 2.05) is 0 Å². The molecule has 0 bridgehead atoms. The fourth-order valence-electron chi connectivity index (χ4n) is 2.54. The normalized spacial score (nSPS) is 10.4. The van der Waals surface area contributed by atoms with Crippen LogP contribution < -0.4 is 0 Å². The van der Waals surface area contributed by atoms with E-state index in [1.165, 1.54) is 51.4 Å². The average molecular weight is 355 g/mol. The fraction of sp³-hybridized carbons (Fsp3) is 0.810. The van der Waals surface area contributed by atoms with Crippen LogP contribution in [0.2, 0.25) is 0 Å². The molecule has 4 nitrogen and oxygen atoms in total. The summed E-state index contributed by atoms with van der Waals surface area (Å²) in [6, 6.07) is 0. The van der Waals surface area contributed by atoms with Crippen LogP contribution in [0.3, 0.4) is 0 Å². The standard InChI is InChI=1S/C21H38O4/c1-3-5-7-8-9-10-11-12-13-15-19-25-21(23)17-16-20(22)24-18-14-6-4-2/h4H,2-3,5-19H2,1H3. The zero-order valence-corrected chi connectivity index (χ0v) is 16.2. The summed E-state index contributed by atoms with van der Waals surface area (Å²) in [7, 11) is 0. The van der Waals surface area contributed by atoms with Gasteiger partial charge in [-0.1, -0.05) is 70.8 Å². The highest BCUT2D eigenvalue weighted by atomic mass is 16.5. The lowest BCUT2D eigenvalue weighted by Gasteiger charge is -2.06. The molecule has 0 saturated carbocycles. The predicted molar refractivity (Wildman–Crippen MR) is 102 cm³/mol. The molecule has 0 amide bonds. The van der Waals surface area contributed by atoms with E-state index in [0.717, 1.165) is 25.7 Å². The minimum absolute atomic E-state index is 0.102. The molecule has 0 spiro atoms. The maximum atomic E-state index is 11.5. The van der Waals surface area contributed by atoms with Crippen LogP contribution in [0.25, 0.3) is 0 Å². The second-order valence-corrected chi connectivity index (χ2v) is 6.55. The average Bonchev–Trinajstić information content (AvgIpc) is 2.61. The lowest BCUT2D eigenvalue weighted by Crippen LogP contribution is -2.11. The summed E-state index contributed by atoms with van der Waals surface area (Å²) in [5.41, 5.74) is 0. The molecule has 0 radical (unpaired) electrons. The number of unbranched alkanes of at least 4 members (excludes halogenated alkanes) is 10. The highest BCUT2D eigenvalue weighted by Gasteiger charge is 2.08. The Labute approximate surface area is 154 Å². The van der Waals surface area contributed by atoms with Gasteiger partial charge in [-0.3, -0.25) is 9.59 Å². The van der Waals surface area contributed by atoms with E-state index in [-0.39, 0.29) is 24.8 Å². The Morgan fingerprint density at radius 3 is 1.64 bits per heavy atom. The summed E-state index contributed by atoms with van der Waals surface area (Å²) in [4.78, 5) is 23.0. The number of hydrogen-bond donors (Lipinski definition) is 0. The molecular weight excluding hydrogens is 316 g/mol. The van der Waals surface area contributed by atoms with Crippen LogP contribution in [0.1, 0.15) is 96.8 Å². The van der Waals surface area contributed by atoms with E-state index in [9.17, 15) is 9.59 Å². The van der Waals surface area contributed by atoms with Crippen LogP contribution >= 0.6 is 0 Å². The monoisotopic (exact) mass is 354 g/mol. The minimum atomic E-state index is -0.333. The molecule has 0 unspecified atom stereocenters. The minimum Gasteiger partial charge on any atom is -0.466 e. The molecule has 0 N–H and O–H groups in total. The van der Waals surface area contributed by atoms with Crippen molar-refractivity contribution >= 4 is 11.9 Å². The number of carbonyl (C=O) groups is 2. The third-order valence-electron chi connectivity index (χ3n) is 4.11. The first-order chi connectivity index (χ1) is 12.2. The highest BCUT2D eigenvalue weighted by Crippen LogP contribution is 2.10. The quantitative estimate of drug-likeness (QED) is 0.179. The Balaban J connectivity index is 3.30. The first-order valence-corrected chi connectivity index (χ1v) is 10.1. The van der Waals surface area contributed by atoms with Gasteiger partial charge in [0.1, 0.15) is 0 Å². The van der Waals surface area contributed by atoms with E-state index in [1.54, 1.807) is 6.08 Å². The number of carbonyl (C=O) groups excluding carboxylic acids is 2. The molecule has 0 fully saturated rings. The molecule has 0 aliphatic carbocycles. The molecule has 0 aliphatic rings. The SMILES string of the molecule is C=CCCCOC(=O)CCC(=O)OCCCCCCCCCCCC. The summed E-state index contributed by atoms with van der Waals surface area (Å²) in [6.07, 6.45) is 16.2. The third-order valence-corrected chi connectivity index (χ3v) is 4.11. The van der Waals surface area contributed by atoms with E-state index < -0.39 is 0 Å². The fourth-order valence-corrected chi connectivity index (χ4v) is 2.54. The topological polar surface area (TPSA) is 52.6 Å². The van der Waals surface area contributed by atoms with E-state index >= 15 is 0 Å². The van der Waals surface area contributed by atoms with E-state index in [2.05, 4.69) is 13.5 Å². The smallest absolute Gasteiger partial charge is 0.306 e. The molecule has 0 saturated heterocycles. The van der Waals surface area contributed by atoms with Gasteiger partial charge in [0.25, 0.3) is 0 Å². The molecule has 0 aromatic carbocycles. The van der Waals surface area contributed by atoms with Crippen molar-refractivity contribution in [3.63, 3.8) is 0 Å². The van der Waals surface area contributed by atoms with Crippen LogP contribution in [-0.2, 0) is 19.1 Å². The third kappa shape index (κ3) is 18.9. The summed E-state index contributed by atoms with van der Waals surface area (Å²) in [6.45, 7) is 6.69. The van der Waals surface area contributed by atoms with Crippen molar-refractivity contribution in [1.29, 1.82) is 0 Å². The lowest BCUT2D eigenvalue weighted by atomic mass is 10.1. The Kier molecular flexibility index (Phi) is 18.0. The number of ether oxygens (including phenoxy) is 2.